The minimum atomic E-state index is -1.62. The third-order valence-corrected chi connectivity index (χ3v) is 3.81. The number of rotatable bonds is 3. The molecule has 3 rings (SSSR count). The predicted molar refractivity (Wildman–Crippen MR) is 86.4 cm³/mol. The molecule has 118 valence electrons. The third-order valence-electron chi connectivity index (χ3n) is 3.81. The van der Waals surface area contributed by atoms with Gasteiger partial charge in [0, 0.05) is 24.6 Å². The van der Waals surface area contributed by atoms with Crippen molar-refractivity contribution in [3.05, 3.63) is 48.8 Å². The van der Waals surface area contributed by atoms with Gasteiger partial charge in [-0.1, -0.05) is 12.1 Å². The molecular formula is C17H17N3O3. The van der Waals surface area contributed by atoms with E-state index in [1.807, 2.05) is 19.1 Å². The summed E-state index contributed by atoms with van der Waals surface area (Å²) in [5.41, 5.74) is -0.383. The Morgan fingerprint density at radius 2 is 1.96 bits per heavy atom. The summed E-state index contributed by atoms with van der Waals surface area (Å²) in [6.07, 6.45) is 3.13. The lowest BCUT2D eigenvalue weighted by atomic mass is 9.99. The van der Waals surface area contributed by atoms with Crippen LogP contribution in [-0.2, 0) is 9.59 Å². The van der Waals surface area contributed by atoms with Gasteiger partial charge in [0.05, 0.1) is 5.69 Å². The molecule has 0 fully saturated rings. The highest BCUT2D eigenvalue weighted by Gasteiger charge is 2.50. The number of ether oxygens (including phenoxy) is 1. The van der Waals surface area contributed by atoms with Crippen molar-refractivity contribution in [2.75, 3.05) is 16.8 Å². The zero-order valence-electron chi connectivity index (χ0n) is 12.9. The van der Waals surface area contributed by atoms with E-state index in [2.05, 4.69) is 10.3 Å². The van der Waals surface area contributed by atoms with Gasteiger partial charge in [0.1, 0.15) is 5.75 Å². The van der Waals surface area contributed by atoms with E-state index in [1.54, 1.807) is 41.6 Å². The van der Waals surface area contributed by atoms with Crippen LogP contribution in [0.25, 0.3) is 0 Å². The van der Waals surface area contributed by atoms with Gasteiger partial charge in [-0.15, -0.1) is 0 Å². The van der Waals surface area contributed by atoms with E-state index in [0.717, 1.165) is 0 Å². The number of aromatic nitrogens is 1. The van der Waals surface area contributed by atoms with Crippen molar-refractivity contribution < 1.29 is 14.3 Å². The van der Waals surface area contributed by atoms with Gasteiger partial charge in [-0.05, 0) is 38.1 Å². The van der Waals surface area contributed by atoms with Crippen molar-refractivity contribution in [1.29, 1.82) is 0 Å². The average Bonchev–Trinajstić information content (AvgIpc) is 2.57. The molecule has 1 aliphatic rings. The molecule has 0 saturated heterocycles. The normalized spacial score (nSPS) is 19.7. The summed E-state index contributed by atoms with van der Waals surface area (Å²) in [7, 11) is 0. The van der Waals surface area contributed by atoms with Crippen molar-refractivity contribution in [3.8, 4) is 5.75 Å². The van der Waals surface area contributed by atoms with E-state index in [1.165, 1.54) is 6.92 Å². The van der Waals surface area contributed by atoms with Crippen LogP contribution in [0.3, 0.4) is 0 Å². The van der Waals surface area contributed by atoms with Crippen LogP contribution < -0.4 is 15.0 Å². The Kier molecular flexibility index (Phi) is 3.73. The first kappa shape index (κ1) is 15.0. The van der Waals surface area contributed by atoms with Gasteiger partial charge < -0.3 is 15.0 Å². The number of para-hydroxylation sites is 2. The van der Waals surface area contributed by atoms with Gasteiger partial charge in [0.2, 0.25) is 0 Å². The summed E-state index contributed by atoms with van der Waals surface area (Å²) in [6, 6.07) is 10.5. The maximum absolute atomic E-state index is 12.8. The molecule has 2 heterocycles. The first-order valence-electron chi connectivity index (χ1n) is 7.37. The molecule has 2 amide bonds. The predicted octanol–water partition coefficient (Wildman–Crippen LogP) is 2.22. The Hall–Kier alpha value is -2.89. The van der Waals surface area contributed by atoms with Crippen molar-refractivity contribution in [2.24, 2.45) is 0 Å². The molecule has 1 atom stereocenters. The van der Waals surface area contributed by atoms with Crippen LogP contribution in [0.5, 0.6) is 5.75 Å². The van der Waals surface area contributed by atoms with Crippen LogP contribution in [0.15, 0.2) is 48.8 Å². The second-order valence-corrected chi connectivity index (χ2v) is 5.34. The van der Waals surface area contributed by atoms with Gasteiger partial charge in [-0.3, -0.25) is 14.6 Å². The van der Waals surface area contributed by atoms with Gasteiger partial charge in [0.25, 0.3) is 17.4 Å². The number of nitrogens with one attached hydrogen (secondary N) is 1. The topological polar surface area (TPSA) is 71.5 Å². The minimum Gasteiger partial charge on any atom is -0.465 e. The molecule has 0 aliphatic carbocycles. The first-order chi connectivity index (χ1) is 11.1. The Morgan fingerprint density at radius 3 is 2.65 bits per heavy atom. The Balaban J connectivity index is 1.95. The fourth-order valence-electron chi connectivity index (χ4n) is 2.54. The smallest absolute Gasteiger partial charge is 0.280 e. The summed E-state index contributed by atoms with van der Waals surface area (Å²) in [5.74, 6) is -0.381. The van der Waals surface area contributed by atoms with E-state index in [-0.39, 0.29) is 5.91 Å². The monoisotopic (exact) mass is 311 g/mol. The Morgan fingerprint density at radius 1 is 1.26 bits per heavy atom. The fourth-order valence-corrected chi connectivity index (χ4v) is 2.54. The van der Waals surface area contributed by atoms with Crippen molar-refractivity contribution >= 4 is 23.2 Å². The molecule has 6 nitrogen and oxygen atoms in total. The van der Waals surface area contributed by atoms with Gasteiger partial charge in [-0.25, -0.2) is 0 Å². The maximum Gasteiger partial charge on any atom is 0.280 e. The molecule has 0 bridgehead atoms. The zero-order valence-corrected chi connectivity index (χ0v) is 12.9. The van der Waals surface area contributed by atoms with Gasteiger partial charge in [0.15, 0.2) is 0 Å². The summed E-state index contributed by atoms with van der Waals surface area (Å²) in [6.45, 7) is 3.81. The van der Waals surface area contributed by atoms with Crippen LogP contribution in [0.2, 0.25) is 0 Å². The zero-order chi connectivity index (χ0) is 16.4. The van der Waals surface area contributed by atoms with Crippen molar-refractivity contribution in [3.63, 3.8) is 0 Å². The van der Waals surface area contributed by atoms with Gasteiger partial charge >= 0.3 is 0 Å². The molecular weight excluding hydrogens is 294 g/mol. The average molecular weight is 311 g/mol. The number of amides is 2. The summed E-state index contributed by atoms with van der Waals surface area (Å²) < 4.78 is 5.78. The molecule has 1 aliphatic heterocycles. The molecule has 0 saturated carbocycles. The van der Waals surface area contributed by atoms with Crippen LogP contribution in [0.4, 0.5) is 11.4 Å². The number of carbonyl (C=O) groups is 2. The molecule has 23 heavy (non-hydrogen) atoms. The van der Waals surface area contributed by atoms with E-state index >= 15 is 0 Å². The second kappa shape index (κ2) is 5.72. The molecule has 2 aromatic rings. The number of anilines is 2. The first-order valence-corrected chi connectivity index (χ1v) is 7.37. The van der Waals surface area contributed by atoms with Crippen LogP contribution in [-0.4, -0.2) is 28.9 Å². The van der Waals surface area contributed by atoms with Crippen LogP contribution >= 0.6 is 0 Å². The highest BCUT2D eigenvalue weighted by Crippen LogP contribution is 2.37. The lowest BCUT2D eigenvalue weighted by Gasteiger charge is -2.39. The lowest BCUT2D eigenvalue weighted by molar-refractivity contribution is -0.145. The Labute approximate surface area is 134 Å². The number of fused-ring (bicyclic) bond motifs is 1. The largest absolute Gasteiger partial charge is 0.465 e. The molecule has 6 heteroatoms. The molecule has 1 aromatic carbocycles. The number of hydrogen-bond acceptors (Lipinski definition) is 4. The summed E-state index contributed by atoms with van der Waals surface area (Å²) >= 11 is 0. The summed E-state index contributed by atoms with van der Waals surface area (Å²) in [4.78, 5) is 30.9. The second-order valence-electron chi connectivity index (χ2n) is 5.34. The number of likely N-dealkylation sites (N-methyl/N-ethyl adjacent to an activating group) is 1. The number of pyridine rings is 1. The highest BCUT2D eigenvalue weighted by molar-refractivity contribution is 6.19. The number of benzene rings is 1. The fraction of sp³-hybridized carbons (Fsp3) is 0.235. The number of hydrogen-bond donors (Lipinski definition) is 1. The van der Waals surface area contributed by atoms with Gasteiger partial charge in [-0.2, -0.15) is 0 Å². The van der Waals surface area contributed by atoms with Crippen molar-refractivity contribution in [1.82, 2.24) is 4.98 Å². The van der Waals surface area contributed by atoms with E-state index in [9.17, 15) is 9.59 Å². The number of nitrogens with zero attached hydrogens (tertiary/aromatic N) is 2. The van der Waals surface area contributed by atoms with E-state index < -0.39 is 11.5 Å². The Bertz CT molecular complexity index is 748. The highest BCUT2D eigenvalue weighted by atomic mass is 16.5. The standard InChI is InChI=1S/C17H17N3O3/c1-3-20-13-6-4-5-7-14(13)23-17(2,16(20)22)15(21)19-12-8-10-18-11-9-12/h4-11H,3H2,1-2H3,(H,18,19,21). The molecule has 0 radical (unpaired) electrons. The van der Waals surface area contributed by atoms with Crippen LogP contribution in [0, 0.1) is 0 Å². The minimum absolute atomic E-state index is 0.384. The van der Waals surface area contributed by atoms with E-state index in [4.69, 9.17) is 4.74 Å². The molecule has 1 aromatic heterocycles. The third kappa shape index (κ3) is 2.52. The van der Waals surface area contributed by atoms with Crippen molar-refractivity contribution in [2.45, 2.75) is 19.4 Å². The van der Waals surface area contributed by atoms with Crippen LogP contribution in [0.1, 0.15) is 13.8 Å². The summed E-state index contributed by atoms with van der Waals surface area (Å²) in [5, 5.41) is 2.71. The molecule has 1 N–H and O–H groups in total. The van der Waals surface area contributed by atoms with E-state index in [0.29, 0.717) is 23.7 Å². The molecule has 1 unspecified atom stereocenters. The molecule has 0 spiro atoms. The lowest BCUT2D eigenvalue weighted by Crippen LogP contribution is -2.60. The maximum atomic E-state index is 12.8. The number of carbonyl (C=O) groups excluding carboxylic acids is 2. The SMILES string of the molecule is CCN1C(=O)C(C)(C(=O)Nc2ccncc2)Oc2ccccc21. The quantitative estimate of drug-likeness (QED) is 0.882.